The second-order valence-electron chi connectivity index (χ2n) is 10.1. The molecule has 7 aromatic rings. The van der Waals surface area contributed by atoms with Crippen LogP contribution in [-0.4, -0.2) is 14.8 Å². The minimum absolute atomic E-state index is 0.809. The summed E-state index contributed by atoms with van der Waals surface area (Å²) in [6.45, 7) is 6.42. The van der Waals surface area contributed by atoms with Gasteiger partial charge >= 0.3 is 0 Å². The van der Waals surface area contributed by atoms with Gasteiger partial charge in [0.15, 0.2) is 11.6 Å². The molecule has 0 atom stereocenters. The van der Waals surface area contributed by atoms with Crippen LogP contribution >= 0.6 is 0 Å². The van der Waals surface area contributed by atoms with Crippen LogP contribution in [0.25, 0.3) is 61.5 Å². The molecule has 2 heterocycles. The van der Waals surface area contributed by atoms with Crippen molar-refractivity contribution in [3.05, 3.63) is 126 Å². The Bertz CT molecular complexity index is 1960. The van der Waals surface area contributed by atoms with Gasteiger partial charge in [-0.1, -0.05) is 96.6 Å². The third kappa shape index (κ3) is 3.84. The molecule has 39 heavy (non-hydrogen) atoms. The summed E-state index contributed by atoms with van der Waals surface area (Å²) in [5.74, 6) is 1.66. The van der Waals surface area contributed by atoms with Gasteiger partial charge in [0.1, 0.15) is 11.2 Å². The zero-order chi connectivity index (χ0) is 26.5. The van der Waals surface area contributed by atoms with Crippen molar-refractivity contribution in [2.75, 3.05) is 0 Å². The second kappa shape index (κ2) is 9.10. The highest BCUT2D eigenvalue weighted by Gasteiger charge is 2.20. The van der Waals surface area contributed by atoms with Crippen LogP contribution in [0, 0.1) is 20.8 Å². The Labute approximate surface area is 227 Å². The van der Waals surface area contributed by atoms with Crippen molar-refractivity contribution in [2.45, 2.75) is 20.8 Å². The highest BCUT2D eigenvalue weighted by molar-refractivity contribution is 6.09. The average molecular weight is 506 g/mol. The third-order valence-corrected chi connectivity index (χ3v) is 7.44. The summed E-state index contributed by atoms with van der Waals surface area (Å²) in [6, 6.07) is 37.8. The van der Waals surface area contributed by atoms with Gasteiger partial charge in [-0.3, -0.25) is 4.57 Å². The van der Waals surface area contributed by atoms with E-state index in [0.717, 1.165) is 61.5 Å². The van der Waals surface area contributed by atoms with Crippen LogP contribution in [0.1, 0.15) is 16.7 Å². The van der Waals surface area contributed by atoms with E-state index in [9.17, 15) is 0 Å². The molecule has 4 nitrogen and oxygen atoms in total. The van der Waals surface area contributed by atoms with Crippen molar-refractivity contribution in [1.29, 1.82) is 0 Å². The smallest absolute Gasteiger partial charge is 0.169 e. The number of para-hydroxylation sites is 3. The van der Waals surface area contributed by atoms with E-state index in [4.69, 9.17) is 14.6 Å². The molecule has 0 spiro atoms. The van der Waals surface area contributed by atoms with E-state index >= 15 is 0 Å². The highest BCUT2D eigenvalue weighted by Crippen LogP contribution is 2.37. The van der Waals surface area contributed by atoms with Gasteiger partial charge in [-0.2, -0.15) is 0 Å². The van der Waals surface area contributed by atoms with Crippen LogP contribution in [0.15, 0.2) is 114 Å². The van der Waals surface area contributed by atoms with Crippen molar-refractivity contribution in [3.63, 3.8) is 0 Å². The number of nitrogens with zero attached hydrogens (tertiary/aromatic N) is 3. The van der Waals surface area contributed by atoms with E-state index in [1.165, 1.54) is 16.7 Å². The molecule has 0 aliphatic heterocycles. The number of hydrogen-bond acceptors (Lipinski definition) is 3. The second-order valence-corrected chi connectivity index (χ2v) is 10.1. The summed E-state index contributed by atoms with van der Waals surface area (Å²) in [7, 11) is 0. The number of furan rings is 1. The van der Waals surface area contributed by atoms with Gasteiger partial charge in [-0.05, 0) is 55.7 Å². The maximum absolute atomic E-state index is 6.29. The molecule has 2 aromatic heterocycles. The first-order valence-electron chi connectivity index (χ1n) is 13.2. The molecule has 0 unspecified atom stereocenters. The molecule has 0 N–H and O–H groups in total. The topological polar surface area (TPSA) is 43.9 Å². The fraction of sp³-hybridized carbons (Fsp3) is 0.0857. The summed E-state index contributed by atoms with van der Waals surface area (Å²) in [6.07, 6.45) is 0. The van der Waals surface area contributed by atoms with Crippen molar-refractivity contribution < 1.29 is 4.42 Å². The molecule has 0 aliphatic rings. The minimum Gasteiger partial charge on any atom is -0.455 e. The van der Waals surface area contributed by atoms with Crippen LogP contribution in [0.5, 0.6) is 0 Å². The maximum atomic E-state index is 6.29. The van der Waals surface area contributed by atoms with E-state index < -0.39 is 0 Å². The minimum atomic E-state index is 0.809. The monoisotopic (exact) mass is 505 g/mol. The van der Waals surface area contributed by atoms with E-state index in [2.05, 4.69) is 116 Å². The van der Waals surface area contributed by atoms with Gasteiger partial charge in [-0.15, -0.1) is 10.2 Å². The Hall–Kier alpha value is -4.96. The molecule has 0 fully saturated rings. The quantitative estimate of drug-likeness (QED) is 0.240. The average Bonchev–Trinajstić information content (AvgIpc) is 3.55. The molecular formula is C35H27N3O. The molecular weight excluding hydrogens is 478 g/mol. The normalized spacial score (nSPS) is 11.5. The molecule has 0 radical (unpaired) electrons. The number of hydrogen-bond donors (Lipinski definition) is 0. The number of aryl methyl sites for hydroxylation is 3. The van der Waals surface area contributed by atoms with Gasteiger partial charge in [0, 0.05) is 33.2 Å². The van der Waals surface area contributed by atoms with Crippen LogP contribution in [-0.2, 0) is 0 Å². The Kier molecular flexibility index (Phi) is 5.41. The zero-order valence-electron chi connectivity index (χ0n) is 22.1. The van der Waals surface area contributed by atoms with E-state index in [1.54, 1.807) is 0 Å². The zero-order valence-corrected chi connectivity index (χ0v) is 22.1. The lowest BCUT2D eigenvalue weighted by atomic mass is 9.99. The van der Waals surface area contributed by atoms with Crippen LogP contribution < -0.4 is 0 Å². The van der Waals surface area contributed by atoms with Crippen LogP contribution in [0.4, 0.5) is 0 Å². The number of aromatic nitrogens is 3. The van der Waals surface area contributed by atoms with Crippen molar-refractivity contribution in [3.8, 4) is 39.6 Å². The van der Waals surface area contributed by atoms with Crippen molar-refractivity contribution in [1.82, 2.24) is 14.8 Å². The lowest BCUT2D eigenvalue weighted by Crippen LogP contribution is -2.02. The molecule has 0 bridgehead atoms. The summed E-state index contributed by atoms with van der Waals surface area (Å²) >= 11 is 0. The van der Waals surface area contributed by atoms with Gasteiger partial charge < -0.3 is 4.42 Å². The summed E-state index contributed by atoms with van der Waals surface area (Å²) in [5.41, 5.74) is 10.8. The molecule has 0 saturated carbocycles. The molecule has 0 amide bonds. The molecule has 5 aromatic carbocycles. The number of fused-ring (bicyclic) bond motifs is 3. The van der Waals surface area contributed by atoms with Gasteiger partial charge in [0.25, 0.3) is 0 Å². The molecule has 188 valence electrons. The molecule has 0 saturated heterocycles. The Morgan fingerprint density at radius 1 is 0.590 bits per heavy atom. The lowest BCUT2D eigenvalue weighted by molar-refractivity contribution is 0.670. The number of rotatable bonds is 4. The lowest BCUT2D eigenvalue weighted by Gasteiger charge is -2.15. The molecule has 0 aliphatic carbocycles. The summed E-state index contributed by atoms with van der Waals surface area (Å²) in [4.78, 5) is 0. The Morgan fingerprint density at radius 3 is 2.00 bits per heavy atom. The van der Waals surface area contributed by atoms with E-state index in [-0.39, 0.29) is 0 Å². The maximum Gasteiger partial charge on any atom is 0.169 e. The molecule has 7 rings (SSSR count). The Balaban J connectivity index is 1.37. The third-order valence-electron chi connectivity index (χ3n) is 7.44. The van der Waals surface area contributed by atoms with Crippen molar-refractivity contribution >= 4 is 21.9 Å². The van der Waals surface area contributed by atoms with Crippen LogP contribution in [0.3, 0.4) is 0 Å². The largest absolute Gasteiger partial charge is 0.455 e. The molecule has 4 heteroatoms. The van der Waals surface area contributed by atoms with Gasteiger partial charge in [0.2, 0.25) is 0 Å². The Morgan fingerprint density at radius 2 is 1.23 bits per heavy atom. The number of benzene rings is 5. The predicted molar refractivity (Wildman–Crippen MR) is 159 cm³/mol. The first-order chi connectivity index (χ1) is 19.1. The first-order valence-corrected chi connectivity index (χ1v) is 13.2. The fourth-order valence-electron chi connectivity index (χ4n) is 5.76. The summed E-state index contributed by atoms with van der Waals surface area (Å²) < 4.78 is 8.45. The summed E-state index contributed by atoms with van der Waals surface area (Å²) in [5, 5.41) is 11.7. The van der Waals surface area contributed by atoms with Crippen molar-refractivity contribution in [2.24, 2.45) is 0 Å². The van der Waals surface area contributed by atoms with Gasteiger partial charge in [0.05, 0.1) is 0 Å². The first kappa shape index (κ1) is 23.2. The van der Waals surface area contributed by atoms with E-state index in [1.807, 2.05) is 18.2 Å². The SMILES string of the molecule is Cc1cc(C)c(-c2nnc(-c3ccc(-c4cccc5c4oc4ccccc45)cc3)n2-c2ccccc2)c(C)c1. The van der Waals surface area contributed by atoms with Gasteiger partial charge in [-0.25, -0.2) is 0 Å². The van der Waals surface area contributed by atoms with Crippen LogP contribution in [0.2, 0.25) is 0 Å². The fourth-order valence-corrected chi connectivity index (χ4v) is 5.76. The predicted octanol–water partition coefficient (Wildman–Crippen LogP) is 9.09. The highest BCUT2D eigenvalue weighted by atomic mass is 16.3. The standard InChI is InChI=1S/C35H27N3O/c1-22-20-23(2)32(24(3)21-22)35-37-36-34(38(35)27-10-5-4-6-11-27)26-18-16-25(17-19-26)28-13-9-14-30-29-12-7-8-15-31(29)39-33(28)30/h4-21H,1-3H3. The van der Waals surface area contributed by atoms with E-state index in [0.29, 0.717) is 0 Å².